The summed E-state index contributed by atoms with van der Waals surface area (Å²) in [5.41, 5.74) is 2.82. The smallest absolute Gasteiger partial charge is 0.254 e. The van der Waals surface area contributed by atoms with E-state index in [0.717, 1.165) is 16.8 Å². The molecule has 0 saturated heterocycles. The van der Waals surface area contributed by atoms with Crippen molar-refractivity contribution in [2.45, 2.75) is 45.4 Å². The second-order valence-corrected chi connectivity index (χ2v) is 8.36. The molecule has 3 rings (SSSR count). The van der Waals surface area contributed by atoms with E-state index in [1.165, 1.54) is 30.0 Å². The molecule has 2 N–H and O–H groups in total. The minimum atomic E-state index is -0.583. The van der Waals surface area contributed by atoms with Crippen molar-refractivity contribution in [2.75, 3.05) is 11.1 Å². The highest BCUT2D eigenvalue weighted by atomic mass is 32.2. The number of hydrogen-bond acceptors (Lipinski definition) is 5. The van der Waals surface area contributed by atoms with Gasteiger partial charge in [-0.3, -0.25) is 9.59 Å². The average Bonchev–Trinajstić information content (AvgIpc) is 3.18. The zero-order valence-electron chi connectivity index (χ0n) is 18.5. The first-order valence-electron chi connectivity index (χ1n) is 10.3. The standard InChI is InChI=1S/C23H26FN5O2S/c1-5-29-21(16(4)25-22(31)17-8-6-7-9-18(17)24)27-28-23(29)32-13-20(30)26-19-12-14(2)10-11-15(19)3/h6-12,16H,5,13H2,1-4H3,(H,25,31)(H,26,30)/t16-/m0/s1. The van der Waals surface area contributed by atoms with Crippen molar-refractivity contribution in [1.29, 1.82) is 0 Å². The molecule has 1 heterocycles. The predicted molar refractivity (Wildman–Crippen MR) is 123 cm³/mol. The first kappa shape index (κ1) is 23.5. The molecule has 3 aromatic rings. The Labute approximate surface area is 190 Å². The number of carbonyl (C=O) groups is 2. The van der Waals surface area contributed by atoms with Crippen LogP contribution in [0.25, 0.3) is 0 Å². The van der Waals surface area contributed by atoms with Crippen LogP contribution < -0.4 is 10.6 Å². The van der Waals surface area contributed by atoms with Gasteiger partial charge in [-0.15, -0.1) is 10.2 Å². The first-order valence-corrected chi connectivity index (χ1v) is 11.3. The fraction of sp³-hybridized carbons (Fsp3) is 0.304. The van der Waals surface area contributed by atoms with Crippen LogP contribution in [0.4, 0.5) is 10.1 Å². The highest BCUT2D eigenvalue weighted by Crippen LogP contribution is 2.22. The molecule has 0 aliphatic rings. The molecular formula is C23H26FN5O2S. The van der Waals surface area contributed by atoms with Crippen molar-refractivity contribution < 1.29 is 14.0 Å². The molecule has 0 unspecified atom stereocenters. The Kier molecular flexibility index (Phi) is 7.63. The summed E-state index contributed by atoms with van der Waals surface area (Å²) in [5.74, 6) is -0.545. The Morgan fingerprint density at radius 3 is 2.62 bits per heavy atom. The highest BCUT2D eigenvalue weighted by molar-refractivity contribution is 7.99. The molecule has 0 fully saturated rings. The number of halogens is 1. The van der Waals surface area contributed by atoms with E-state index in [9.17, 15) is 14.0 Å². The molecule has 0 aliphatic heterocycles. The van der Waals surface area contributed by atoms with Crippen LogP contribution in [0.1, 0.15) is 47.2 Å². The topological polar surface area (TPSA) is 88.9 Å². The van der Waals surface area contributed by atoms with E-state index in [2.05, 4.69) is 20.8 Å². The summed E-state index contributed by atoms with van der Waals surface area (Å²) in [6.07, 6.45) is 0. The van der Waals surface area contributed by atoms with Gasteiger partial charge in [0.1, 0.15) is 5.82 Å². The minimum absolute atomic E-state index is 0.0281. The zero-order chi connectivity index (χ0) is 23.3. The van der Waals surface area contributed by atoms with Gasteiger partial charge in [0.15, 0.2) is 11.0 Å². The number of nitrogens with zero attached hydrogens (tertiary/aromatic N) is 3. The second kappa shape index (κ2) is 10.4. The number of carbonyl (C=O) groups excluding carboxylic acids is 2. The first-order chi connectivity index (χ1) is 15.3. The third kappa shape index (κ3) is 5.53. The maximum absolute atomic E-state index is 13.9. The van der Waals surface area contributed by atoms with E-state index in [4.69, 9.17) is 0 Å². The summed E-state index contributed by atoms with van der Waals surface area (Å²) in [6.45, 7) is 8.17. The SMILES string of the molecule is CCn1c(SCC(=O)Nc2cc(C)ccc2C)nnc1[C@H](C)NC(=O)c1ccccc1F. The number of thioether (sulfide) groups is 1. The maximum Gasteiger partial charge on any atom is 0.254 e. The Hall–Kier alpha value is -3.20. The van der Waals surface area contributed by atoms with Crippen LogP contribution in [-0.2, 0) is 11.3 Å². The van der Waals surface area contributed by atoms with Gasteiger partial charge in [0, 0.05) is 12.2 Å². The number of aryl methyl sites for hydroxylation is 2. The number of hydrogen-bond donors (Lipinski definition) is 2. The fourth-order valence-electron chi connectivity index (χ4n) is 3.20. The van der Waals surface area contributed by atoms with E-state index < -0.39 is 17.8 Å². The Morgan fingerprint density at radius 1 is 1.16 bits per heavy atom. The van der Waals surface area contributed by atoms with Crippen molar-refractivity contribution in [1.82, 2.24) is 20.1 Å². The van der Waals surface area contributed by atoms with Gasteiger partial charge in [0.25, 0.3) is 5.91 Å². The lowest BCUT2D eigenvalue weighted by Gasteiger charge is -2.15. The summed E-state index contributed by atoms with van der Waals surface area (Å²) in [6, 6.07) is 11.2. The molecule has 0 bridgehead atoms. The molecule has 168 valence electrons. The quantitative estimate of drug-likeness (QED) is 0.495. The van der Waals surface area contributed by atoms with Crippen LogP contribution in [0.5, 0.6) is 0 Å². The number of rotatable bonds is 8. The Bertz CT molecular complexity index is 1130. The number of nitrogens with one attached hydrogen (secondary N) is 2. The van der Waals surface area contributed by atoms with Crippen molar-refractivity contribution in [3.8, 4) is 0 Å². The summed E-state index contributed by atoms with van der Waals surface area (Å²) in [7, 11) is 0. The van der Waals surface area contributed by atoms with Gasteiger partial charge in [0.05, 0.1) is 17.4 Å². The lowest BCUT2D eigenvalue weighted by Crippen LogP contribution is -2.29. The zero-order valence-corrected chi connectivity index (χ0v) is 19.3. The minimum Gasteiger partial charge on any atom is -0.342 e. The number of benzene rings is 2. The molecular weight excluding hydrogens is 429 g/mol. The van der Waals surface area contributed by atoms with Crippen LogP contribution >= 0.6 is 11.8 Å². The van der Waals surface area contributed by atoms with E-state index in [0.29, 0.717) is 17.5 Å². The molecule has 0 spiro atoms. The molecule has 2 amide bonds. The van der Waals surface area contributed by atoms with Crippen molar-refractivity contribution in [3.05, 3.63) is 70.8 Å². The third-order valence-electron chi connectivity index (χ3n) is 4.91. The lowest BCUT2D eigenvalue weighted by molar-refractivity contribution is -0.113. The van der Waals surface area contributed by atoms with Crippen LogP contribution in [0, 0.1) is 19.7 Å². The van der Waals surface area contributed by atoms with Crippen molar-refractivity contribution in [2.24, 2.45) is 0 Å². The van der Waals surface area contributed by atoms with Crippen molar-refractivity contribution >= 4 is 29.3 Å². The normalized spacial score (nSPS) is 11.8. The van der Waals surface area contributed by atoms with E-state index in [1.54, 1.807) is 13.0 Å². The van der Waals surface area contributed by atoms with Gasteiger partial charge in [0.2, 0.25) is 5.91 Å². The van der Waals surface area contributed by atoms with Gasteiger partial charge in [-0.2, -0.15) is 0 Å². The van der Waals surface area contributed by atoms with E-state index in [-0.39, 0.29) is 17.2 Å². The molecule has 2 aromatic carbocycles. The van der Waals surface area contributed by atoms with Crippen molar-refractivity contribution in [3.63, 3.8) is 0 Å². The Morgan fingerprint density at radius 2 is 1.91 bits per heavy atom. The Balaban J connectivity index is 1.65. The lowest BCUT2D eigenvalue weighted by atomic mass is 10.1. The van der Waals surface area contributed by atoms with E-state index >= 15 is 0 Å². The van der Waals surface area contributed by atoms with Crippen LogP contribution in [0.3, 0.4) is 0 Å². The molecule has 7 nitrogen and oxygen atoms in total. The largest absolute Gasteiger partial charge is 0.342 e. The average molecular weight is 456 g/mol. The van der Waals surface area contributed by atoms with Gasteiger partial charge in [-0.1, -0.05) is 36.0 Å². The molecule has 0 aliphatic carbocycles. The van der Waals surface area contributed by atoms with Crippen LogP contribution in [0.2, 0.25) is 0 Å². The van der Waals surface area contributed by atoms with E-state index in [1.807, 2.05) is 43.5 Å². The van der Waals surface area contributed by atoms with Crippen LogP contribution in [0.15, 0.2) is 47.6 Å². The number of aromatic nitrogens is 3. The van der Waals surface area contributed by atoms with Gasteiger partial charge in [-0.05, 0) is 57.0 Å². The fourth-order valence-corrected chi connectivity index (χ4v) is 4.00. The molecule has 1 aromatic heterocycles. The van der Waals surface area contributed by atoms with Gasteiger partial charge in [-0.25, -0.2) is 4.39 Å². The second-order valence-electron chi connectivity index (χ2n) is 7.42. The summed E-state index contributed by atoms with van der Waals surface area (Å²) >= 11 is 1.27. The molecule has 0 saturated carbocycles. The maximum atomic E-state index is 13.9. The molecule has 9 heteroatoms. The summed E-state index contributed by atoms with van der Waals surface area (Å²) < 4.78 is 15.7. The monoisotopic (exact) mass is 455 g/mol. The van der Waals surface area contributed by atoms with Gasteiger partial charge < -0.3 is 15.2 Å². The number of amides is 2. The predicted octanol–water partition coefficient (Wildman–Crippen LogP) is 4.28. The van der Waals surface area contributed by atoms with Gasteiger partial charge >= 0.3 is 0 Å². The van der Waals surface area contributed by atoms with Crippen LogP contribution in [-0.4, -0.2) is 32.3 Å². The molecule has 32 heavy (non-hydrogen) atoms. The number of anilines is 1. The molecule has 0 radical (unpaired) electrons. The highest BCUT2D eigenvalue weighted by Gasteiger charge is 2.21. The summed E-state index contributed by atoms with van der Waals surface area (Å²) in [5, 5.41) is 14.6. The molecule has 1 atom stereocenters. The third-order valence-corrected chi connectivity index (χ3v) is 5.88. The summed E-state index contributed by atoms with van der Waals surface area (Å²) in [4.78, 5) is 24.9.